The van der Waals surface area contributed by atoms with Crippen molar-refractivity contribution in [2.45, 2.75) is 51.6 Å². The van der Waals surface area contributed by atoms with Gasteiger partial charge in [0.25, 0.3) is 0 Å². The molecular weight excluding hydrogens is 202 g/mol. The molecule has 0 bridgehead atoms. The van der Waals surface area contributed by atoms with Crippen molar-refractivity contribution in [3.63, 3.8) is 0 Å². The molecule has 2 fully saturated rings. The van der Waals surface area contributed by atoms with E-state index in [-0.39, 0.29) is 17.5 Å². The van der Waals surface area contributed by atoms with Gasteiger partial charge in [-0.15, -0.1) is 0 Å². The SMILES string of the molecule is CC1(C)CNCC1NC(=O)NC1CCCC1. The maximum absolute atomic E-state index is 11.8. The molecule has 1 saturated heterocycles. The summed E-state index contributed by atoms with van der Waals surface area (Å²) < 4.78 is 0. The van der Waals surface area contributed by atoms with Crippen LogP contribution in [-0.2, 0) is 0 Å². The van der Waals surface area contributed by atoms with Crippen molar-refractivity contribution >= 4 is 6.03 Å². The normalized spacial score (nSPS) is 29.2. The van der Waals surface area contributed by atoms with E-state index in [1.54, 1.807) is 0 Å². The molecule has 3 N–H and O–H groups in total. The fourth-order valence-corrected chi connectivity index (χ4v) is 2.64. The molecule has 16 heavy (non-hydrogen) atoms. The Balaban J connectivity index is 1.78. The highest BCUT2D eigenvalue weighted by atomic mass is 16.2. The Morgan fingerprint density at radius 3 is 2.50 bits per heavy atom. The number of hydrogen-bond donors (Lipinski definition) is 3. The van der Waals surface area contributed by atoms with E-state index in [1.807, 2.05) is 0 Å². The van der Waals surface area contributed by atoms with Gasteiger partial charge in [0.2, 0.25) is 0 Å². The van der Waals surface area contributed by atoms with Crippen LogP contribution in [0.15, 0.2) is 0 Å². The molecule has 1 heterocycles. The van der Waals surface area contributed by atoms with Gasteiger partial charge in [0.15, 0.2) is 0 Å². The molecule has 1 aliphatic carbocycles. The minimum Gasteiger partial charge on any atom is -0.335 e. The highest BCUT2D eigenvalue weighted by Crippen LogP contribution is 2.23. The Morgan fingerprint density at radius 2 is 1.94 bits per heavy atom. The molecule has 4 nitrogen and oxygen atoms in total. The van der Waals surface area contributed by atoms with Crippen LogP contribution < -0.4 is 16.0 Å². The maximum Gasteiger partial charge on any atom is 0.315 e. The summed E-state index contributed by atoms with van der Waals surface area (Å²) in [6.45, 7) is 6.23. The molecule has 0 aromatic carbocycles. The fraction of sp³-hybridized carbons (Fsp3) is 0.917. The zero-order valence-electron chi connectivity index (χ0n) is 10.3. The first-order valence-electron chi connectivity index (χ1n) is 6.36. The van der Waals surface area contributed by atoms with Crippen molar-refractivity contribution in [1.29, 1.82) is 0 Å². The lowest BCUT2D eigenvalue weighted by atomic mass is 9.88. The number of carbonyl (C=O) groups excluding carboxylic acids is 1. The van der Waals surface area contributed by atoms with E-state index in [0.29, 0.717) is 6.04 Å². The summed E-state index contributed by atoms with van der Waals surface area (Å²) in [4.78, 5) is 11.8. The van der Waals surface area contributed by atoms with Crippen LogP contribution in [0.5, 0.6) is 0 Å². The molecule has 1 saturated carbocycles. The first-order valence-corrected chi connectivity index (χ1v) is 6.36. The van der Waals surface area contributed by atoms with E-state index < -0.39 is 0 Å². The molecule has 1 unspecified atom stereocenters. The van der Waals surface area contributed by atoms with Gasteiger partial charge in [-0.05, 0) is 18.3 Å². The molecule has 2 aliphatic rings. The van der Waals surface area contributed by atoms with Gasteiger partial charge in [0.05, 0.1) is 0 Å². The third-order valence-corrected chi connectivity index (χ3v) is 3.87. The Hall–Kier alpha value is -0.770. The lowest BCUT2D eigenvalue weighted by Crippen LogP contribution is -2.50. The van der Waals surface area contributed by atoms with Gasteiger partial charge < -0.3 is 16.0 Å². The smallest absolute Gasteiger partial charge is 0.315 e. The second-order valence-corrected chi connectivity index (χ2v) is 5.77. The summed E-state index contributed by atoms with van der Waals surface area (Å²) in [6, 6.07) is 0.653. The van der Waals surface area contributed by atoms with Crippen LogP contribution in [0.4, 0.5) is 4.79 Å². The van der Waals surface area contributed by atoms with Gasteiger partial charge in [-0.25, -0.2) is 4.79 Å². The zero-order chi connectivity index (χ0) is 11.6. The molecule has 2 amide bonds. The number of hydrogen-bond acceptors (Lipinski definition) is 2. The largest absolute Gasteiger partial charge is 0.335 e. The average Bonchev–Trinajstić information content (AvgIpc) is 2.78. The van der Waals surface area contributed by atoms with Crippen molar-refractivity contribution in [3.05, 3.63) is 0 Å². The Labute approximate surface area is 97.6 Å². The predicted molar refractivity (Wildman–Crippen MR) is 64.4 cm³/mol. The van der Waals surface area contributed by atoms with E-state index in [0.717, 1.165) is 25.9 Å². The van der Waals surface area contributed by atoms with Crippen LogP contribution in [0.1, 0.15) is 39.5 Å². The van der Waals surface area contributed by atoms with E-state index in [9.17, 15) is 4.79 Å². The topological polar surface area (TPSA) is 53.2 Å². The maximum atomic E-state index is 11.8. The van der Waals surface area contributed by atoms with Gasteiger partial charge in [-0.1, -0.05) is 26.7 Å². The highest BCUT2D eigenvalue weighted by Gasteiger charge is 2.35. The van der Waals surface area contributed by atoms with E-state index in [1.165, 1.54) is 12.8 Å². The van der Waals surface area contributed by atoms with Crippen molar-refractivity contribution in [2.75, 3.05) is 13.1 Å². The summed E-state index contributed by atoms with van der Waals surface area (Å²) in [5.41, 5.74) is 0.160. The molecule has 1 aliphatic heterocycles. The third kappa shape index (κ3) is 2.67. The Kier molecular flexibility index (Phi) is 3.38. The molecule has 2 rings (SSSR count). The monoisotopic (exact) mass is 225 g/mol. The van der Waals surface area contributed by atoms with Crippen molar-refractivity contribution in [3.8, 4) is 0 Å². The highest BCUT2D eigenvalue weighted by molar-refractivity contribution is 5.74. The lowest BCUT2D eigenvalue weighted by Gasteiger charge is -2.27. The molecular formula is C12H23N3O. The van der Waals surface area contributed by atoms with Crippen LogP contribution in [-0.4, -0.2) is 31.2 Å². The molecule has 0 aromatic rings. The number of rotatable bonds is 2. The number of nitrogens with one attached hydrogen (secondary N) is 3. The Morgan fingerprint density at radius 1 is 1.25 bits per heavy atom. The predicted octanol–water partition coefficient (Wildman–Crippen LogP) is 1.23. The van der Waals surface area contributed by atoms with E-state index in [4.69, 9.17) is 0 Å². The fourth-order valence-electron chi connectivity index (χ4n) is 2.64. The van der Waals surface area contributed by atoms with Gasteiger partial charge >= 0.3 is 6.03 Å². The van der Waals surface area contributed by atoms with Gasteiger partial charge in [0.1, 0.15) is 0 Å². The van der Waals surface area contributed by atoms with Crippen molar-refractivity contribution in [2.24, 2.45) is 5.41 Å². The summed E-state index contributed by atoms with van der Waals surface area (Å²) >= 11 is 0. The molecule has 0 spiro atoms. The van der Waals surface area contributed by atoms with Crippen molar-refractivity contribution in [1.82, 2.24) is 16.0 Å². The standard InChI is InChI=1S/C12H23N3O/c1-12(2)8-13-7-10(12)15-11(16)14-9-5-3-4-6-9/h9-10,13H,3-8H2,1-2H3,(H2,14,15,16). The van der Waals surface area contributed by atoms with Crippen molar-refractivity contribution < 1.29 is 4.79 Å². The lowest BCUT2D eigenvalue weighted by molar-refractivity contribution is 0.223. The minimum atomic E-state index is 0.00803. The van der Waals surface area contributed by atoms with Gasteiger partial charge in [-0.2, -0.15) is 0 Å². The Bertz CT molecular complexity index is 259. The number of carbonyl (C=O) groups is 1. The number of urea groups is 1. The summed E-state index contributed by atoms with van der Waals surface area (Å²) in [5, 5.41) is 9.47. The molecule has 1 atom stereocenters. The van der Waals surface area contributed by atoms with Gasteiger partial charge in [-0.3, -0.25) is 0 Å². The van der Waals surface area contributed by atoms with Crippen LogP contribution in [0, 0.1) is 5.41 Å². The summed E-state index contributed by atoms with van der Waals surface area (Å²) in [5.74, 6) is 0. The quantitative estimate of drug-likeness (QED) is 0.662. The van der Waals surface area contributed by atoms with Crippen LogP contribution in [0.25, 0.3) is 0 Å². The number of amides is 2. The first kappa shape index (κ1) is 11.7. The molecule has 0 radical (unpaired) electrons. The van der Waals surface area contributed by atoms with Gasteiger partial charge in [0, 0.05) is 25.2 Å². The van der Waals surface area contributed by atoms with Crippen LogP contribution >= 0.6 is 0 Å². The van der Waals surface area contributed by atoms with Crippen LogP contribution in [0.2, 0.25) is 0 Å². The summed E-state index contributed by atoms with van der Waals surface area (Å²) in [6.07, 6.45) is 4.78. The molecule has 0 aromatic heterocycles. The minimum absolute atomic E-state index is 0.00803. The third-order valence-electron chi connectivity index (χ3n) is 3.87. The van der Waals surface area contributed by atoms with E-state index in [2.05, 4.69) is 29.8 Å². The zero-order valence-corrected chi connectivity index (χ0v) is 10.3. The van der Waals surface area contributed by atoms with Crippen LogP contribution in [0.3, 0.4) is 0 Å². The van der Waals surface area contributed by atoms with E-state index >= 15 is 0 Å². The summed E-state index contributed by atoms with van der Waals surface area (Å²) in [7, 11) is 0. The second-order valence-electron chi connectivity index (χ2n) is 5.77. The average molecular weight is 225 g/mol. The first-order chi connectivity index (χ1) is 7.58. The molecule has 92 valence electrons. The molecule has 4 heteroatoms. The second kappa shape index (κ2) is 4.62.